The number of carbonyl (C=O) groups excluding carboxylic acids is 1. The van der Waals surface area contributed by atoms with Crippen LogP contribution in [-0.4, -0.2) is 20.4 Å². The maximum Gasteiger partial charge on any atom is 0.269 e. The highest BCUT2D eigenvalue weighted by Crippen LogP contribution is 2.25. The van der Waals surface area contributed by atoms with Gasteiger partial charge in [-0.15, -0.1) is 0 Å². The molecule has 2 aromatic carbocycles. The van der Waals surface area contributed by atoms with Gasteiger partial charge in [-0.3, -0.25) is 14.0 Å². The lowest BCUT2D eigenvalue weighted by Gasteiger charge is -2.06. The summed E-state index contributed by atoms with van der Waals surface area (Å²) in [7, 11) is 0. The average molecular weight is 448 g/mol. The first kappa shape index (κ1) is 17.0. The molecular weight excluding hydrogens is 438 g/mol. The highest BCUT2D eigenvalue weighted by atomic mass is 79.9. The van der Waals surface area contributed by atoms with Crippen molar-refractivity contribution in [2.45, 2.75) is 0 Å². The Balaban J connectivity index is 1.90. The number of rotatable bonds is 2. The fraction of sp³-hybridized carbons (Fsp3) is 0. The van der Waals surface area contributed by atoms with Crippen LogP contribution in [0.1, 0.15) is 9.67 Å². The number of aromatic hydroxyl groups is 1. The quantitative estimate of drug-likeness (QED) is 0.400. The molecule has 0 saturated carbocycles. The molecule has 4 rings (SSSR count). The summed E-state index contributed by atoms with van der Waals surface area (Å²) in [6.07, 6.45) is 0. The number of anilines is 1. The van der Waals surface area contributed by atoms with Gasteiger partial charge >= 0.3 is 0 Å². The van der Waals surface area contributed by atoms with E-state index in [-0.39, 0.29) is 11.3 Å². The predicted octanol–water partition coefficient (Wildman–Crippen LogP) is 4.29. The first-order chi connectivity index (χ1) is 12.4. The zero-order valence-electron chi connectivity index (χ0n) is 12.9. The Morgan fingerprint density at radius 2 is 2.08 bits per heavy atom. The van der Waals surface area contributed by atoms with Crippen molar-refractivity contribution in [3.8, 4) is 5.75 Å². The Morgan fingerprint density at radius 1 is 1.27 bits per heavy atom. The van der Waals surface area contributed by atoms with E-state index in [0.29, 0.717) is 31.1 Å². The molecule has 4 aromatic rings. The van der Waals surface area contributed by atoms with Gasteiger partial charge in [-0.05, 0) is 42.5 Å². The third-order valence-electron chi connectivity index (χ3n) is 3.80. The third-order valence-corrected chi connectivity index (χ3v) is 5.66. The van der Waals surface area contributed by atoms with E-state index in [4.69, 9.17) is 12.2 Å². The molecule has 0 aliphatic rings. The van der Waals surface area contributed by atoms with Crippen molar-refractivity contribution in [1.82, 2.24) is 9.38 Å². The predicted molar refractivity (Wildman–Crippen MR) is 108 cm³/mol. The highest BCUT2D eigenvalue weighted by Gasteiger charge is 2.18. The summed E-state index contributed by atoms with van der Waals surface area (Å²) in [5.41, 5.74) is 1.11. The van der Waals surface area contributed by atoms with E-state index in [0.717, 1.165) is 15.8 Å². The van der Waals surface area contributed by atoms with Crippen molar-refractivity contribution in [2.75, 3.05) is 5.32 Å². The molecule has 0 unspecified atom stereocenters. The van der Waals surface area contributed by atoms with Crippen LogP contribution in [0.3, 0.4) is 0 Å². The maximum atomic E-state index is 12.7. The molecule has 0 aliphatic carbocycles. The van der Waals surface area contributed by atoms with Crippen molar-refractivity contribution in [2.24, 2.45) is 0 Å². The first-order valence-corrected chi connectivity index (χ1v) is 9.43. The molecule has 9 heteroatoms. The number of phenolic OH excluding ortho intramolecular Hbond substituents is 1. The van der Waals surface area contributed by atoms with E-state index in [1.807, 2.05) is 6.07 Å². The SMILES string of the molecule is O=C(Nc1cccc(O)c1)c1sc(=S)n2c1[nH]c(=O)c1cc(Br)ccc12. The van der Waals surface area contributed by atoms with Gasteiger partial charge in [-0.25, -0.2) is 0 Å². The van der Waals surface area contributed by atoms with Crippen LogP contribution in [0.2, 0.25) is 0 Å². The van der Waals surface area contributed by atoms with Gasteiger partial charge in [-0.2, -0.15) is 0 Å². The highest BCUT2D eigenvalue weighted by molar-refractivity contribution is 9.10. The van der Waals surface area contributed by atoms with Gasteiger partial charge < -0.3 is 15.4 Å². The molecule has 2 heterocycles. The Kier molecular flexibility index (Phi) is 4.14. The summed E-state index contributed by atoms with van der Waals surface area (Å²) in [5, 5.41) is 12.7. The zero-order chi connectivity index (χ0) is 18.4. The van der Waals surface area contributed by atoms with Gasteiger partial charge in [0.1, 0.15) is 16.3 Å². The number of hydrogen-bond acceptors (Lipinski definition) is 5. The normalized spacial score (nSPS) is 11.1. The summed E-state index contributed by atoms with van der Waals surface area (Å²) in [6, 6.07) is 11.5. The van der Waals surface area contributed by atoms with Crippen LogP contribution in [0.4, 0.5) is 5.69 Å². The summed E-state index contributed by atoms with van der Waals surface area (Å²) < 4.78 is 2.91. The van der Waals surface area contributed by atoms with Crippen molar-refractivity contribution in [3.05, 3.63) is 66.1 Å². The molecule has 0 radical (unpaired) electrons. The van der Waals surface area contributed by atoms with E-state index in [1.165, 1.54) is 12.1 Å². The molecule has 0 saturated heterocycles. The Hall–Kier alpha value is -2.49. The standard InChI is InChI=1S/C17H10BrN3O3S2/c18-8-4-5-12-11(6-8)15(23)20-14-13(26-17(25)21(12)14)16(24)19-9-2-1-3-10(22)7-9/h1-7,22H,(H,19,24)(H,20,23). The fourth-order valence-electron chi connectivity index (χ4n) is 2.69. The van der Waals surface area contributed by atoms with Gasteiger partial charge in [0.15, 0.2) is 3.95 Å². The summed E-state index contributed by atoms with van der Waals surface area (Å²) in [4.78, 5) is 28.2. The minimum absolute atomic E-state index is 0.0437. The topological polar surface area (TPSA) is 86.6 Å². The van der Waals surface area contributed by atoms with Gasteiger partial charge in [-0.1, -0.05) is 33.3 Å². The average Bonchev–Trinajstić information content (AvgIpc) is 2.92. The van der Waals surface area contributed by atoms with Crippen LogP contribution in [0.15, 0.2) is 51.7 Å². The number of H-pyrrole nitrogens is 1. The molecule has 2 aromatic heterocycles. The summed E-state index contributed by atoms with van der Waals surface area (Å²) in [5.74, 6) is -0.372. The number of benzene rings is 2. The van der Waals surface area contributed by atoms with Crippen LogP contribution in [0.25, 0.3) is 16.6 Å². The zero-order valence-corrected chi connectivity index (χ0v) is 16.2. The van der Waals surface area contributed by atoms with Crippen LogP contribution < -0.4 is 10.9 Å². The van der Waals surface area contributed by atoms with Gasteiger partial charge in [0.05, 0.1) is 10.9 Å². The number of halogens is 1. The Bertz CT molecular complexity index is 1310. The lowest BCUT2D eigenvalue weighted by Crippen LogP contribution is -2.14. The molecule has 1 amide bonds. The molecule has 0 aliphatic heterocycles. The first-order valence-electron chi connectivity index (χ1n) is 7.41. The number of nitrogens with one attached hydrogen (secondary N) is 2. The number of fused-ring (bicyclic) bond motifs is 3. The lowest BCUT2D eigenvalue weighted by molar-refractivity contribution is 0.103. The van der Waals surface area contributed by atoms with E-state index in [2.05, 4.69) is 26.2 Å². The second kappa shape index (κ2) is 6.35. The van der Waals surface area contributed by atoms with Crippen molar-refractivity contribution in [3.63, 3.8) is 0 Å². The Morgan fingerprint density at radius 3 is 2.85 bits per heavy atom. The van der Waals surface area contributed by atoms with Crippen LogP contribution in [0, 0.1) is 3.95 Å². The lowest BCUT2D eigenvalue weighted by atomic mass is 10.2. The molecule has 0 atom stereocenters. The second-order valence-electron chi connectivity index (χ2n) is 5.50. The molecule has 26 heavy (non-hydrogen) atoms. The van der Waals surface area contributed by atoms with Crippen molar-refractivity contribution >= 4 is 67.6 Å². The largest absolute Gasteiger partial charge is 0.508 e. The molecule has 0 spiro atoms. The second-order valence-corrected chi connectivity index (χ2v) is 8.06. The number of amides is 1. The number of aromatic nitrogens is 2. The molecule has 6 nitrogen and oxygen atoms in total. The Labute approximate surface area is 163 Å². The monoisotopic (exact) mass is 447 g/mol. The number of nitrogens with zero attached hydrogens (tertiary/aromatic N) is 1. The van der Waals surface area contributed by atoms with Gasteiger partial charge in [0.2, 0.25) is 0 Å². The van der Waals surface area contributed by atoms with E-state index < -0.39 is 5.91 Å². The molecule has 3 N–H and O–H groups in total. The number of phenols is 1. The summed E-state index contributed by atoms with van der Waals surface area (Å²) in [6.45, 7) is 0. The van der Waals surface area contributed by atoms with E-state index in [1.54, 1.807) is 28.7 Å². The van der Waals surface area contributed by atoms with E-state index >= 15 is 0 Å². The number of thiazole rings is 1. The van der Waals surface area contributed by atoms with Crippen LogP contribution >= 0.6 is 39.5 Å². The maximum absolute atomic E-state index is 12.7. The number of hydrogen-bond donors (Lipinski definition) is 3. The van der Waals surface area contributed by atoms with Crippen LogP contribution in [0.5, 0.6) is 5.75 Å². The van der Waals surface area contributed by atoms with Gasteiger partial charge in [0, 0.05) is 16.2 Å². The fourth-order valence-corrected chi connectivity index (χ4v) is 4.33. The minimum Gasteiger partial charge on any atom is -0.508 e. The number of aromatic amines is 1. The molecular formula is C17H10BrN3O3S2. The molecule has 130 valence electrons. The third kappa shape index (κ3) is 2.83. The molecule has 0 bridgehead atoms. The van der Waals surface area contributed by atoms with Crippen LogP contribution in [-0.2, 0) is 0 Å². The molecule has 0 fully saturated rings. The smallest absolute Gasteiger partial charge is 0.269 e. The van der Waals surface area contributed by atoms with E-state index in [9.17, 15) is 14.7 Å². The minimum atomic E-state index is -0.415. The van der Waals surface area contributed by atoms with Gasteiger partial charge in [0.25, 0.3) is 11.5 Å². The summed E-state index contributed by atoms with van der Waals surface area (Å²) >= 11 is 9.87. The number of carbonyl (C=O) groups is 1. The van der Waals surface area contributed by atoms with Crippen molar-refractivity contribution < 1.29 is 9.90 Å². The van der Waals surface area contributed by atoms with Crippen molar-refractivity contribution in [1.29, 1.82) is 0 Å².